The lowest BCUT2D eigenvalue weighted by atomic mass is 10.1. The van der Waals surface area contributed by atoms with Gasteiger partial charge >= 0.3 is 0 Å². The monoisotopic (exact) mass is 229 g/mol. The van der Waals surface area contributed by atoms with E-state index in [2.05, 4.69) is 0 Å². The van der Waals surface area contributed by atoms with Crippen LogP contribution >= 0.6 is 11.6 Å². The minimum absolute atomic E-state index is 0.0555. The van der Waals surface area contributed by atoms with Gasteiger partial charge in [0.2, 0.25) is 0 Å². The molecule has 1 aromatic rings. The summed E-state index contributed by atoms with van der Waals surface area (Å²) in [7, 11) is 1.87. The van der Waals surface area contributed by atoms with Gasteiger partial charge in [-0.3, -0.25) is 0 Å². The average molecular weight is 230 g/mol. The Hall–Kier alpha value is -0.770. The maximum atomic E-state index is 9.27. The largest absolute Gasteiger partial charge is 0.392 e. The first-order chi connectivity index (χ1) is 7.04. The van der Waals surface area contributed by atoms with Crippen molar-refractivity contribution in [1.29, 1.82) is 0 Å². The van der Waals surface area contributed by atoms with E-state index in [1.165, 1.54) is 0 Å². The van der Waals surface area contributed by atoms with Crippen LogP contribution in [0.5, 0.6) is 0 Å². The van der Waals surface area contributed by atoms with Gasteiger partial charge in [-0.05, 0) is 25.1 Å². The average Bonchev–Trinajstić information content (AvgIpc) is 2.16. The van der Waals surface area contributed by atoms with Gasteiger partial charge in [0.05, 0.1) is 12.7 Å². The number of likely N-dealkylation sites (N-methyl/N-ethyl adjacent to an activating group) is 1. The second-order valence-electron chi connectivity index (χ2n) is 3.66. The first-order valence-corrected chi connectivity index (χ1v) is 5.21. The first kappa shape index (κ1) is 12.3. The van der Waals surface area contributed by atoms with Crippen LogP contribution in [0.1, 0.15) is 12.5 Å². The summed E-state index contributed by atoms with van der Waals surface area (Å²) in [6.45, 7) is 2.19. The first-order valence-electron chi connectivity index (χ1n) is 4.83. The Morgan fingerprint density at radius 2 is 2.13 bits per heavy atom. The van der Waals surface area contributed by atoms with Gasteiger partial charge in [0, 0.05) is 29.9 Å². The zero-order valence-electron chi connectivity index (χ0n) is 8.94. The van der Waals surface area contributed by atoms with Crippen LogP contribution in [0.4, 0.5) is 5.69 Å². The molecule has 0 saturated heterocycles. The normalized spacial score (nSPS) is 12.6. The molecule has 0 spiro atoms. The van der Waals surface area contributed by atoms with Gasteiger partial charge < -0.3 is 15.1 Å². The molecular weight excluding hydrogens is 214 g/mol. The standard InChI is InChI=1S/C11H16ClNO2/c1-8(15)6-13(2)11-4-3-10(12)5-9(11)7-14/h3-5,8,14-15H,6-7H2,1-2H3. The van der Waals surface area contributed by atoms with E-state index in [1.54, 1.807) is 19.1 Å². The summed E-state index contributed by atoms with van der Waals surface area (Å²) >= 11 is 5.83. The number of nitrogens with zero attached hydrogens (tertiary/aromatic N) is 1. The van der Waals surface area contributed by atoms with Crippen LogP contribution in [-0.4, -0.2) is 29.9 Å². The van der Waals surface area contributed by atoms with Crippen LogP contribution < -0.4 is 4.90 Å². The molecule has 1 atom stereocenters. The highest BCUT2D eigenvalue weighted by Gasteiger charge is 2.09. The lowest BCUT2D eigenvalue weighted by Gasteiger charge is -2.23. The minimum atomic E-state index is -0.405. The maximum Gasteiger partial charge on any atom is 0.0702 e. The molecule has 1 aromatic carbocycles. The summed E-state index contributed by atoms with van der Waals surface area (Å²) in [5.74, 6) is 0. The van der Waals surface area contributed by atoms with Gasteiger partial charge in [-0.25, -0.2) is 0 Å². The third kappa shape index (κ3) is 3.38. The molecule has 3 nitrogen and oxygen atoms in total. The van der Waals surface area contributed by atoms with E-state index in [0.717, 1.165) is 11.3 Å². The van der Waals surface area contributed by atoms with E-state index in [4.69, 9.17) is 11.6 Å². The fraction of sp³-hybridized carbons (Fsp3) is 0.455. The molecule has 0 aliphatic heterocycles. The number of hydrogen-bond donors (Lipinski definition) is 2. The molecule has 84 valence electrons. The number of anilines is 1. The van der Waals surface area contributed by atoms with Crippen LogP contribution in [0.3, 0.4) is 0 Å². The molecule has 0 radical (unpaired) electrons. The molecule has 0 amide bonds. The van der Waals surface area contributed by atoms with Crippen molar-refractivity contribution in [1.82, 2.24) is 0 Å². The molecule has 15 heavy (non-hydrogen) atoms. The van der Waals surface area contributed by atoms with Crippen molar-refractivity contribution in [2.45, 2.75) is 19.6 Å². The maximum absolute atomic E-state index is 9.27. The summed E-state index contributed by atoms with van der Waals surface area (Å²) in [4.78, 5) is 1.90. The lowest BCUT2D eigenvalue weighted by Crippen LogP contribution is -2.27. The van der Waals surface area contributed by atoms with Gasteiger partial charge in [0.15, 0.2) is 0 Å². The molecule has 2 N–H and O–H groups in total. The fourth-order valence-electron chi connectivity index (χ4n) is 1.55. The molecule has 4 heteroatoms. The van der Waals surface area contributed by atoms with Gasteiger partial charge in [-0.2, -0.15) is 0 Å². The quantitative estimate of drug-likeness (QED) is 0.825. The molecule has 0 bridgehead atoms. The van der Waals surface area contributed by atoms with E-state index in [0.29, 0.717) is 11.6 Å². The van der Waals surface area contributed by atoms with Crippen LogP contribution in [0.15, 0.2) is 18.2 Å². The minimum Gasteiger partial charge on any atom is -0.392 e. The van der Waals surface area contributed by atoms with Crippen LogP contribution in [0.25, 0.3) is 0 Å². The number of aliphatic hydroxyl groups is 2. The van der Waals surface area contributed by atoms with Crippen molar-refractivity contribution in [3.8, 4) is 0 Å². The Kier molecular flexibility index (Phi) is 4.39. The van der Waals surface area contributed by atoms with E-state index >= 15 is 0 Å². The summed E-state index contributed by atoms with van der Waals surface area (Å²) in [6.07, 6.45) is -0.405. The molecule has 1 unspecified atom stereocenters. The Morgan fingerprint density at radius 1 is 1.47 bits per heavy atom. The number of benzene rings is 1. The van der Waals surface area contributed by atoms with Crippen LogP contribution in [0.2, 0.25) is 5.02 Å². The SMILES string of the molecule is CC(O)CN(C)c1ccc(Cl)cc1CO. The third-order valence-corrected chi connectivity index (χ3v) is 2.40. The van der Waals surface area contributed by atoms with Crippen molar-refractivity contribution in [2.75, 3.05) is 18.5 Å². The van der Waals surface area contributed by atoms with Gasteiger partial charge in [0.1, 0.15) is 0 Å². The van der Waals surface area contributed by atoms with Crippen LogP contribution in [-0.2, 0) is 6.61 Å². The Morgan fingerprint density at radius 3 is 2.67 bits per heavy atom. The van der Waals surface area contributed by atoms with Crippen molar-refractivity contribution in [3.63, 3.8) is 0 Å². The van der Waals surface area contributed by atoms with Gasteiger partial charge in [0.25, 0.3) is 0 Å². The van der Waals surface area contributed by atoms with Crippen molar-refractivity contribution in [3.05, 3.63) is 28.8 Å². The number of aliphatic hydroxyl groups excluding tert-OH is 2. The molecule has 0 fully saturated rings. The van der Waals surface area contributed by atoms with Crippen molar-refractivity contribution in [2.24, 2.45) is 0 Å². The zero-order chi connectivity index (χ0) is 11.4. The highest BCUT2D eigenvalue weighted by molar-refractivity contribution is 6.30. The molecule has 1 rings (SSSR count). The fourth-order valence-corrected chi connectivity index (χ4v) is 1.74. The van der Waals surface area contributed by atoms with Crippen molar-refractivity contribution >= 4 is 17.3 Å². The van der Waals surface area contributed by atoms with Crippen molar-refractivity contribution < 1.29 is 10.2 Å². The predicted molar refractivity (Wildman–Crippen MR) is 62.3 cm³/mol. The highest BCUT2D eigenvalue weighted by Crippen LogP contribution is 2.23. The van der Waals surface area contributed by atoms with Crippen LogP contribution in [0, 0.1) is 0 Å². The predicted octanol–water partition coefficient (Wildman–Crippen LogP) is 1.65. The zero-order valence-corrected chi connectivity index (χ0v) is 9.70. The molecule has 0 saturated carbocycles. The third-order valence-electron chi connectivity index (χ3n) is 2.16. The topological polar surface area (TPSA) is 43.7 Å². The summed E-state index contributed by atoms with van der Waals surface area (Å²) in [5.41, 5.74) is 1.66. The Balaban J connectivity index is 2.92. The lowest BCUT2D eigenvalue weighted by molar-refractivity contribution is 0.201. The second kappa shape index (κ2) is 5.35. The summed E-state index contributed by atoms with van der Waals surface area (Å²) in [5, 5.41) is 19.1. The number of halogens is 1. The molecule has 0 aliphatic rings. The highest BCUT2D eigenvalue weighted by atomic mass is 35.5. The molecule has 0 aliphatic carbocycles. The summed E-state index contributed by atoms with van der Waals surface area (Å²) < 4.78 is 0. The Labute approximate surface area is 94.9 Å². The number of rotatable bonds is 4. The molecule has 0 heterocycles. The Bertz CT molecular complexity index is 328. The van der Waals surface area contributed by atoms with Gasteiger partial charge in [-0.15, -0.1) is 0 Å². The summed E-state index contributed by atoms with van der Waals surface area (Å²) in [6, 6.07) is 5.35. The smallest absolute Gasteiger partial charge is 0.0702 e. The molecular formula is C11H16ClNO2. The van der Waals surface area contributed by atoms with E-state index < -0.39 is 6.10 Å². The van der Waals surface area contributed by atoms with E-state index in [-0.39, 0.29) is 6.61 Å². The number of hydrogen-bond acceptors (Lipinski definition) is 3. The van der Waals surface area contributed by atoms with Gasteiger partial charge in [-0.1, -0.05) is 11.6 Å². The van der Waals surface area contributed by atoms with E-state index in [1.807, 2.05) is 18.0 Å². The molecule has 0 aromatic heterocycles. The second-order valence-corrected chi connectivity index (χ2v) is 4.10. The van der Waals surface area contributed by atoms with E-state index in [9.17, 15) is 10.2 Å².